The lowest BCUT2D eigenvalue weighted by atomic mass is 10.2. The van der Waals surface area contributed by atoms with Crippen LogP contribution in [-0.4, -0.2) is 23.1 Å². The monoisotopic (exact) mass is 246 g/mol. The van der Waals surface area contributed by atoms with Crippen LogP contribution in [0.25, 0.3) is 0 Å². The molecule has 0 unspecified atom stereocenters. The van der Waals surface area contributed by atoms with Gasteiger partial charge in [-0.05, 0) is 19.1 Å². The number of ether oxygens (including phenoxy) is 1. The largest absolute Gasteiger partial charge is 0.492 e. The number of aromatic nitrogens is 2. The van der Waals surface area contributed by atoms with E-state index in [0.29, 0.717) is 12.3 Å². The summed E-state index contributed by atoms with van der Waals surface area (Å²) in [4.78, 5) is 7.04. The highest BCUT2D eigenvalue weighted by molar-refractivity contribution is 5.72. The maximum Gasteiger partial charge on any atom is 0.144 e. The molecule has 0 aliphatic heterocycles. The molecule has 0 amide bonds. The Kier molecular flexibility index (Phi) is 4.06. The van der Waals surface area contributed by atoms with E-state index >= 15 is 0 Å². The molecule has 0 saturated carbocycles. The fourth-order valence-electron chi connectivity index (χ4n) is 1.73. The van der Waals surface area contributed by atoms with Crippen molar-refractivity contribution in [2.24, 2.45) is 0 Å². The topological polar surface area (TPSA) is 76.0 Å². The number of imidazole rings is 1. The van der Waals surface area contributed by atoms with Gasteiger partial charge in [0.1, 0.15) is 5.75 Å². The Balaban J connectivity index is 1.94. The summed E-state index contributed by atoms with van der Waals surface area (Å²) in [7, 11) is 0. The first-order chi connectivity index (χ1) is 8.81. The van der Waals surface area contributed by atoms with Gasteiger partial charge in [0.05, 0.1) is 24.3 Å². The summed E-state index contributed by atoms with van der Waals surface area (Å²) in [5, 5.41) is 3.30. The van der Waals surface area contributed by atoms with Gasteiger partial charge in [-0.1, -0.05) is 6.07 Å². The van der Waals surface area contributed by atoms with E-state index in [1.165, 1.54) is 0 Å². The Morgan fingerprint density at radius 1 is 1.44 bits per heavy atom. The van der Waals surface area contributed by atoms with Gasteiger partial charge in [-0.15, -0.1) is 0 Å². The predicted octanol–water partition coefficient (Wildman–Crippen LogP) is 2.05. The number of nitrogens with two attached hydrogens (primary N) is 1. The lowest BCUT2D eigenvalue weighted by Crippen LogP contribution is -2.08. The quantitative estimate of drug-likeness (QED) is 0.682. The highest BCUT2D eigenvalue weighted by atomic mass is 16.5. The molecule has 2 aromatic rings. The summed E-state index contributed by atoms with van der Waals surface area (Å²) in [6.07, 6.45) is 4.37. The van der Waals surface area contributed by atoms with Crippen LogP contribution < -0.4 is 15.8 Å². The molecule has 0 atom stereocenters. The molecular formula is C13H18N4O. The van der Waals surface area contributed by atoms with E-state index in [4.69, 9.17) is 10.5 Å². The molecule has 5 nitrogen and oxygen atoms in total. The highest BCUT2D eigenvalue weighted by Crippen LogP contribution is 2.29. The van der Waals surface area contributed by atoms with Gasteiger partial charge >= 0.3 is 0 Å². The maximum absolute atomic E-state index is 6.02. The summed E-state index contributed by atoms with van der Waals surface area (Å²) in [6, 6.07) is 5.75. The fraction of sp³-hybridized carbons (Fsp3) is 0.308. The summed E-state index contributed by atoms with van der Waals surface area (Å²) in [5.74, 6) is 0.726. The van der Waals surface area contributed by atoms with Crippen molar-refractivity contribution in [1.82, 2.24) is 9.97 Å². The summed E-state index contributed by atoms with van der Waals surface area (Å²) < 4.78 is 5.45. The lowest BCUT2D eigenvalue weighted by molar-refractivity contribution is 0.342. The number of rotatable bonds is 6. The minimum atomic E-state index is 0.613. The second-order valence-electron chi connectivity index (χ2n) is 3.90. The third-order valence-electron chi connectivity index (χ3n) is 2.63. The van der Waals surface area contributed by atoms with Crippen molar-refractivity contribution < 1.29 is 4.74 Å². The van der Waals surface area contributed by atoms with E-state index in [-0.39, 0.29) is 0 Å². The average Bonchev–Trinajstić information content (AvgIpc) is 2.87. The molecule has 18 heavy (non-hydrogen) atoms. The minimum Gasteiger partial charge on any atom is -0.492 e. The number of hydrogen-bond donors (Lipinski definition) is 3. The second-order valence-corrected chi connectivity index (χ2v) is 3.90. The maximum atomic E-state index is 6.02. The van der Waals surface area contributed by atoms with Gasteiger partial charge in [-0.2, -0.15) is 0 Å². The van der Waals surface area contributed by atoms with Crippen molar-refractivity contribution in [2.75, 3.05) is 24.2 Å². The number of aromatic amines is 1. The molecule has 1 aromatic heterocycles. The Bertz CT molecular complexity index is 482. The molecule has 0 radical (unpaired) electrons. The number of anilines is 2. The SMILES string of the molecule is CCOc1cccc(NCCc2cnc[nH]2)c1N. The van der Waals surface area contributed by atoms with Crippen molar-refractivity contribution >= 4 is 11.4 Å². The van der Waals surface area contributed by atoms with E-state index in [2.05, 4.69) is 15.3 Å². The number of H-pyrrole nitrogens is 1. The van der Waals surface area contributed by atoms with Crippen LogP contribution in [0, 0.1) is 0 Å². The van der Waals surface area contributed by atoms with Gasteiger partial charge in [-0.3, -0.25) is 0 Å². The first kappa shape index (κ1) is 12.3. The third-order valence-corrected chi connectivity index (χ3v) is 2.63. The van der Waals surface area contributed by atoms with Crippen LogP contribution in [0.1, 0.15) is 12.6 Å². The smallest absolute Gasteiger partial charge is 0.144 e. The number of nitrogen functional groups attached to an aromatic ring is 1. The van der Waals surface area contributed by atoms with Crippen LogP contribution in [-0.2, 0) is 6.42 Å². The molecule has 0 spiro atoms. The van der Waals surface area contributed by atoms with Crippen molar-refractivity contribution in [2.45, 2.75) is 13.3 Å². The number of nitrogens with zero attached hydrogens (tertiary/aromatic N) is 1. The molecule has 4 N–H and O–H groups in total. The fourth-order valence-corrected chi connectivity index (χ4v) is 1.73. The molecule has 0 bridgehead atoms. The molecule has 2 rings (SSSR count). The van der Waals surface area contributed by atoms with E-state index < -0.39 is 0 Å². The molecule has 5 heteroatoms. The van der Waals surface area contributed by atoms with E-state index in [9.17, 15) is 0 Å². The zero-order valence-electron chi connectivity index (χ0n) is 10.4. The van der Waals surface area contributed by atoms with E-state index in [0.717, 1.165) is 30.1 Å². The Hall–Kier alpha value is -2.17. The van der Waals surface area contributed by atoms with Crippen LogP contribution >= 0.6 is 0 Å². The van der Waals surface area contributed by atoms with Gasteiger partial charge in [0, 0.05) is 24.9 Å². The van der Waals surface area contributed by atoms with Gasteiger partial charge in [-0.25, -0.2) is 4.98 Å². The van der Waals surface area contributed by atoms with Gasteiger partial charge < -0.3 is 20.8 Å². The average molecular weight is 246 g/mol. The number of benzene rings is 1. The Morgan fingerprint density at radius 2 is 2.33 bits per heavy atom. The van der Waals surface area contributed by atoms with Crippen molar-refractivity contribution in [3.63, 3.8) is 0 Å². The first-order valence-corrected chi connectivity index (χ1v) is 6.03. The first-order valence-electron chi connectivity index (χ1n) is 6.03. The molecule has 0 aliphatic carbocycles. The summed E-state index contributed by atoms with van der Waals surface area (Å²) >= 11 is 0. The Labute approximate surface area is 106 Å². The Morgan fingerprint density at radius 3 is 3.06 bits per heavy atom. The normalized spacial score (nSPS) is 10.3. The van der Waals surface area contributed by atoms with Crippen molar-refractivity contribution in [3.05, 3.63) is 36.4 Å². The molecule has 0 fully saturated rings. The molecular weight excluding hydrogens is 228 g/mol. The van der Waals surface area contributed by atoms with E-state index in [1.807, 2.05) is 31.3 Å². The molecule has 1 aromatic carbocycles. The third kappa shape index (κ3) is 2.94. The molecule has 0 aliphatic rings. The minimum absolute atomic E-state index is 0.613. The van der Waals surface area contributed by atoms with Crippen molar-refractivity contribution in [1.29, 1.82) is 0 Å². The lowest BCUT2D eigenvalue weighted by Gasteiger charge is -2.12. The van der Waals surface area contributed by atoms with Crippen LogP contribution in [0.3, 0.4) is 0 Å². The van der Waals surface area contributed by atoms with Crippen LogP contribution in [0.15, 0.2) is 30.7 Å². The zero-order chi connectivity index (χ0) is 12.8. The standard InChI is InChI=1S/C13H18N4O/c1-2-18-12-5-3-4-11(13(12)14)16-7-6-10-8-15-9-17-10/h3-5,8-9,16H,2,6-7,14H2,1H3,(H,15,17). The second kappa shape index (κ2) is 5.95. The number of nitrogens with one attached hydrogen (secondary N) is 2. The predicted molar refractivity (Wildman–Crippen MR) is 72.8 cm³/mol. The van der Waals surface area contributed by atoms with E-state index in [1.54, 1.807) is 6.33 Å². The van der Waals surface area contributed by atoms with Crippen LogP contribution in [0.4, 0.5) is 11.4 Å². The molecule has 96 valence electrons. The highest BCUT2D eigenvalue weighted by Gasteiger charge is 2.05. The van der Waals surface area contributed by atoms with Gasteiger partial charge in [0.15, 0.2) is 0 Å². The summed E-state index contributed by atoms with van der Waals surface area (Å²) in [5.41, 5.74) is 8.68. The van der Waals surface area contributed by atoms with Crippen LogP contribution in [0.5, 0.6) is 5.75 Å². The number of para-hydroxylation sites is 1. The van der Waals surface area contributed by atoms with Gasteiger partial charge in [0.2, 0.25) is 0 Å². The molecule has 1 heterocycles. The summed E-state index contributed by atoms with van der Waals surface area (Å²) in [6.45, 7) is 3.35. The van der Waals surface area contributed by atoms with Crippen LogP contribution in [0.2, 0.25) is 0 Å². The van der Waals surface area contributed by atoms with Crippen molar-refractivity contribution in [3.8, 4) is 5.75 Å². The van der Waals surface area contributed by atoms with Gasteiger partial charge in [0.25, 0.3) is 0 Å². The molecule has 0 saturated heterocycles. The zero-order valence-corrected chi connectivity index (χ0v) is 10.4. The number of hydrogen-bond acceptors (Lipinski definition) is 4.